The van der Waals surface area contributed by atoms with Crippen molar-refractivity contribution in [3.05, 3.63) is 71.2 Å². The first-order valence-corrected chi connectivity index (χ1v) is 10.3. The number of nitrogens with zero attached hydrogens (tertiary/aromatic N) is 2. The van der Waals surface area contributed by atoms with Crippen LogP contribution in [-0.2, 0) is 16.1 Å². The van der Waals surface area contributed by atoms with Gasteiger partial charge in [-0.2, -0.15) is 0 Å². The average Bonchev–Trinajstić information content (AvgIpc) is 3.15. The Morgan fingerprint density at radius 3 is 2.44 bits per heavy atom. The standard InChI is InChI=1S/C20H18N2O3S2/c1-14(23)22(17-6-4-3-5-7-17)20-21-16(13-27-20)12-25-19(24)15-8-10-18(26-2)11-9-15/h3-11,13H,12H2,1-2H3. The third-order valence-electron chi connectivity index (χ3n) is 3.74. The van der Waals surface area contributed by atoms with E-state index in [1.165, 1.54) is 23.2 Å². The molecule has 0 aliphatic carbocycles. The second-order valence-corrected chi connectivity index (χ2v) is 7.33. The number of amides is 1. The summed E-state index contributed by atoms with van der Waals surface area (Å²) in [5.74, 6) is -0.531. The molecule has 0 spiro atoms. The van der Waals surface area contributed by atoms with Gasteiger partial charge in [0, 0.05) is 17.2 Å². The highest BCUT2D eigenvalue weighted by atomic mass is 32.2. The normalized spacial score (nSPS) is 10.4. The molecule has 3 aromatic rings. The van der Waals surface area contributed by atoms with Crippen molar-refractivity contribution in [2.75, 3.05) is 11.2 Å². The lowest BCUT2D eigenvalue weighted by Crippen LogP contribution is -2.22. The van der Waals surface area contributed by atoms with Crippen LogP contribution in [0.3, 0.4) is 0 Å². The number of rotatable bonds is 6. The number of ether oxygens (including phenoxy) is 1. The average molecular weight is 399 g/mol. The molecule has 3 rings (SSSR count). The number of esters is 1. The molecule has 0 N–H and O–H groups in total. The highest BCUT2D eigenvalue weighted by Crippen LogP contribution is 2.29. The Hall–Kier alpha value is -2.64. The van der Waals surface area contributed by atoms with Crippen LogP contribution in [-0.4, -0.2) is 23.1 Å². The second-order valence-electron chi connectivity index (χ2n) is 5.62. The summed E-state index contributed by atoms with van der Waals surface area (Å²) in [6.07, 6.45) is 1.98. The third-order valence-corrected chi connectivity index (χ3v) is 5.36. The first kappa shape index (κ1) is 19.1. The molecule has 1 amide bonds. The summed E-state index contributed by atoms with van der Waals surface area (Å²) >= 11 is 2.95. The maximum absolute atomic E-state index is 12.2. The van der Waals surface area contributed by atoms with E-state index < -0.39 is 5.97 Å². The van der Waals surface area contributed by atoms with Gasteiger partial charge in [-0.15, -0.1) is 23.1 Å². The number of para-hydroxylation sites is 1. The van der Waals surface area contributed by atoms with Gasteiger partial charge in [-0.05, 0) is 42.7 Å². The van der Waals surface area contributed by atoms with Crippen molar-refractivity contribution in [2.24, 2.45) is 0 Å². The van der Waals surface area contributed by atoms with Gasteiger partial charge in [0.15, 0.2) is 5.13 Å². The minimum absolute atomic E-state index is 0.0557. The predicted octanol–water partition coefficient (Wildman–Crippen LogP) is 4.91. The van der Waals surface area contributed by atoms with Crippen molar-refractivity contribution < 1.29 is 14.3 Å². The van der Waals surface area contributed by atoms with Gasteiger partial charge >= 0.3 is 5.97 Å². The molecule has 1 aromatic heterocycles. The zero-order chi connectivity index (χ0) is 19.2. The Kier molecular flexibility index (Phi) is 6.26. The van der Waals surface area contributed by atoms with Crippen LogP contribution >= 0.6 is 23.1 Å². The van der Waals surface area contributed by atoms with Gasteiger partial charge in [-0.25, -0.2) is 9.78 Å². The summed E-state index contributed by atoms with van der Waals surface area (Å²) in [5.41, 5.74) is 1.85. The molecule has 27 heavy (non-hydrogen) atoms. The zero-order valence-corrected chi connectivity index (χ0v) is 16.5. The summed E-state index contributed by atoms with van der Waals surface area (Å²) in [5, 5.41) is 2.34. The number of hydrogen-bond donors (Lipinski definition) is 0. The smallest absolute Gasteiger partial charge is 0.338 e. The highest BCUT2D eigenvalue weighted by Gasteiger charge is 2.18. The van der Waals surface area contributed by atoms with Gasteiger partial charge in [0.25, 0.3) is 0 Å². The van der Waals surface area contributed by atoms with E-state index in [2.05, 4.69) is 4.98 Å². The second kappa shape index (κ2) is 8.83. The fourth-order valence-corrected chi connectivity index (χ4v) is 3.70. The van der Waals surface area contributed by atoms with Gasteiger partial charge in [0.1, 0.15) is 6.61 Å². The molecule has 0 saturated carbocycles. The number of carbonyl (C=O) groups is 2. The number of carbonyl (C=O) groups excluding carboxylic acids is 2. The molecule has 0 unspecified atom stereocenters. The number of hydrogen-bond acceptors (Lipinski definition) is 6. The van der Waals surface area contributed by atoms with E-state index in [1.807, 2.05) is 48.7 Å². The largest absolute Gasteiger partial charge is 0.456 e. The van der Waals surface area contributed by atoms with Crippen molar-refractivity contribution >= 4 is 45.8 Å². The fraction of sp³-hybridized carbons (Fsp3) is 0.150. The fourth-order valence-electron chi connectivity index (χ4n) is 2.42. The maximum atomic E-state index is 12.2. The van der Waals surface area contributed by atoms with E-state index >= 15 is 0 Å². The molecule has 0 aliphatic rings. The van der Waals surface area contributed by atoms with Crippen molar-refractivity contribution in [1.29, 1.82) is 0 Å². The van der Waals surface area contributed by atoms with E-state index in [4.69, 9.17) is 4.74 Å². The maximum Gasteiger partial charge on any atom is 0.338 e. The third kappa shape index (κ3) is 4.75. The SMILES string of the molecule is CSc1ccc(C(=O)OCc2csc(N(C(C)=O)c3ccccc3)n2)cc1. The van der Waals surface area contributed by atoms with Gasteiger partial charge in [0.05, 0.1) is 16.9 Å². The molecule has 1 heterocycles. The van der Waals surface area contributed by atoms with E-state index in [0.29, 0.717) is 16.4 Å². The molecule has 0 radical (unpaired) electrons. The first-order chi connectivity index (χ1) is 13.1. The summed E-state index contributed by atoms with van der Waals surface area (Å²) in [6.45, 7) is 1.55. The Balaban J connectivity index is 1.68. The van der Waals surface area contributed by atoms with Crippen LogP contribution in [0.25, 0.3) is 0 Å². The van der Waals surface area contributed by atoms with Crippen LogP contribution in [0, 0.1) is 0 Å². The molecule has 0 aliphatic heterocycles. The van der Waals surface area contributed by atoms with Crippen LogP contribution in [0.1, 0.15) is 23.0 Å². The van der Waals surface area contributed by atoms with Crippen molar-refractivity contribution in [1.82, 2.24) is 4.98 Å². The van der Waals surface area contributed by atoms with Gasteiger partial charge in [0.2, 0.25) is 5.91 Å². The van der Waals surface area contributed by atoms with Gasteiger partial charge < -0.3 is 4.74 Å². The molecule has 0 bridgehead atoms. The Morgan fingerprint density at radius 2 is 1.81 bits per heavy atom. The van der Waals surface area contributed by atoms with Crippen LogP contribution in [0.4, 0.5) is 10.8 Å². The lowest BCUT2D eigenvalue weighted by atomic mass is 10.2. The van der Waals surface area contributed by atoms with Crippen LogP contribution in [0.2, 0.25) is 0 Å². The van der Waals surface area contributed by atoms with Crippen LogP contribution < -0.4 is 4.90 Å². The highest BCUT2D eigenvalue weighted by molar-refractivity contribution is 7.98. The minimum atomic E-state index is -0.399. The molecule has 0 fully saturated rings. The minimum Gasteiger partial charge on any atom is -0.456 e. The summed E-state index contributed by atoms with van der Waals surface area (Å²) < 4.78 is 5.34. The van der Waals surface area contributed by atoms with Crippen LogP contribution in [0.5, 0.6) is 0 Å². The van der Waals surface area contributed by atoms with Gasteiger partial charge in [-0.1, -0.05) is 18.2 Å². The number of benzene rings is 2. The Morgan fingerprint density at radius 1 is 1.11 bits per heavy atom. The summed E-state index contributed by atoms with van der Waals surface area (Å²) in [6, 6.07) is 16.6. The quantitative estimate of drug-likeness (QED) is 0.436. The van der Waals surface area contributed by atoms with E-state index in [-0.39, 0.29) is 12.5 Å². The Bertz CT molecular complexity index is 924. The van der Waals surface area contributed by atoms with Crippen LogP contribution in [0.15, 0.2) is 64.9 Å². The van der Waals surface area contributed by atoms with Gasteiger partial charge in [-0.3, -0.25) is 9.69 Å². The summed E-state index contributed by atoms with van der Waals surface area (Å²) in [7, 11) is 0. The number of thiazole rings is 1. The molecule has 7 heteroatoms. The first-order valence-electron chi connectivity index (χ1n) is 8.20. The number of thioether (sulfide) groups is 1. The lowest BCUT2D eigenvalue weighted by molar-refractivity contribution is -0.115. The molecule has 5 nitrogen and oxygen atoms in total. The Labute approximate surface area is 166 Å². The van der Waals surface area contributed by atoms with E-state index in [9.17, 15) is 9.59 Å². The number of aromatic nitrogens is 1. The topological polar surface area (TPSA) is 59.5 Å². The monoisotopic (exact) mass is 398 g/mol. The zero-order valence-electron chi connectivity index (χ0n) is 14.9. The van der Waals surface area contributed by atoms with E-state index in [0.717, 1.165) is 10.6 Å². The molecular formula is C20H18N2O3S2. The number of anilines is 2. The van der Waals surface area contributed by atoms with Crippen molar-refractivity contribution in [3.8, 4) is 0 Å². The van der Waals surface area contributed by atoms with Crippen molar-refractivity contribution in [3.63, 3.8) is 0 Å². The van der Waals surface area contributed by atoms with E-state index in [1.54, 1.807) is 29.3 Å². The van der Waals surface area contributed by atoms with Crippen molar-refractivity contribution in [2.45, 2.75) is 18.4 Å². The molecule has 138 valence electrons. The molecule has 0 atom stereocenters. The molecule has 2 aromatic carbocycles. The molecule has 0 saturated heterocycles. The summed E-state index contributed by atoms with van der Waals surface area (Å²) in [4.78, 5) is 31.3. The predicted molar refractivity (Wildman–Crippen MR) is 109 cm³/mol. The molecular weight excluding hydrogens is 380 g/mol. The lowest BCUT2D eigenvalue weighted by Gasteiger charge is -2.17.